The Labute approximate surface area is 196 Å². The maximum Gasteiger partial charge on any atom is 0.294 e. The molecular weight excluding hydrogens is 462 g/mol. The number of anilines is 1. The summed E-state index contributed by atoms with van der Waals surface area (Å²) in [6.07, 6.45) is 1.39. The Kier molecular flexibility index (Phi) is 6.30. The van der Waals surface area contributed by atoms with Gasteiger partial charge >= 0.3 is 0 Å². The number of hydrogen-bond acceptors (Lipinski definition) is 12. The van der Waals surface area contributed by atoms with E-state index in [1.54, 1.807) is 18.2 Å². The Hall–Kier alpha value is -5.34. The van der Waals surface area contributed by atoms with Gasteiger partial charge in [-0.05, 0) is 34.1 Å². The first-order valence-electron chi connectivity index (χ1n) is 9.77. The van der Waals surface area contributed by atoms with Crippen LogP contribution in [-0.2, 0) is 0 Å². The molecule has 0 aliphatic heterocycles. The highest BCUT2D eigenvalue weighted by atomic mass is 16.6. The van der Waals surface area contributed by atoms with Crippen molar-refractivity contribution >= 4 is 23.6 Å². The molecule has 2 aromatic heterocycles. The van der Waals surface area contributed by atoms with Crippen LogP contribution in [-0.4, -0.2) is 56.6 Å². The molecule has 35 heavy (non-hydrogen) atoms. The third kappa shape index (κ3) is 4.58. The van der Waals surface area contributed by atoms with Gasteiger partial charge in [0.25, 0.3) is 11.6 Å². The highest BCUT2D eigenvalue weighted by Crippen LogP contribution is 2.29. The molecule has 15 heteroatoms. The minimum Gasteiger partial charge on any atom is -0.493 e. The first kappa shape index (κ1) is 22.8. The third-order valence-electron chi connectivity index (χ3n) is 4.70. The van der Waals surface area contributed by atoms with Gasteiger partial charge in [-0.15, -0.1) is 5.10 Å². The minimum absolute atomic E-state index is 0.0492. The zero-order chi connectivity index (χ0) is 24.9. The van der Waals surface area contributed by atoms with Crippen molar-refractivity contribution in [3.63, 3.8) is 0 Å². The van der Waals surface area contributed by atoms with E-state index in [9.17, 15) is 14.9 Å². The molecule has 0 atom stereocenters. The molecule has 15 nitrogen and oxygen atoms in total. The van der Waals surface area contributed by atoms with Gasteiger partial charge in [-0.2, -0.15) is 9.78 Å². The number of nitro benzene ring substituents is 1. The SMILES string of the molecule is COc1ccc(/C=N\NC(=O)c2nnn(-c3nonc3N)c2-c2cccc([N+](=O)[O-])c2)cc1OC. The van der Waals surface area contributed by atoms with E-state index in [1.165, 1.54) is 44.7 Å². The highest BCUT2D eigenvalue weighted by molar-refractivity contribution is 5.99. The van der Waals surface area contributed by atoms with Crippen LogP contribution in [0.1, 0.15) is 16.1 Å². The Morgan fingerprint density at radius 3 is 2.69 bits per heavy atom. The van der Waals surface area contributed by atoms with Gasteiger partial charge in [-0.25, -0.2) is 10.1 Å². The maximum absolute atomic E-state index is 12.9. The van der Waals surface area contributed by atoms with Crippen LogP contribution in [0.25, 0.3) is 17.1 Å². The van der Waals surface area contributed by atoms with Crippen molar-refractivity contribution in [1.82, 2.24) is 30.7 Å². The van der Waals surface area contributed by atoms with Crippen LogP contribution in [0.15, 0.2) is 52.2 Å². The van der Waals surface area contributed by atoms with E-state index in [2.05, 4.69) is 35.8 Å². The minimum atomic E-state index is -0.746. The molecular formula is C20H17N9O6. The zero-order valence-corrected chi connectivity index (χ0v) is 18.3. The lowest BCUT2D eigenvalue weighted by atomic mass is 10.1. The van der Waals surface area contributed by atoms with E-state index in [4.69, 9.17) is 15.2 Å². The summed E-state index contributed by atoms with van der Waals surface area (Å²) >= 11 is 0. The van der Waals surface area contributed by atoms with E-state index in [-0.39, 0.29) is 34.3 Å². The summed E-state index contributed by atoms with van der Waals surface area (Å²) in [5.74, 6) is 0.0995. The number of nitrogen functional groups attached to an aromatic ring is 1. The van der Waals surface area contributed by atoms with E-state index < -0.39 is 10.8 Å². The molecule has 0 fully saturated rings. The predicted octanol–water partition coefficient (Wildman–Crippen LogP) is 1.59. The molecule has 3 N–H and O–H groups in total. The van der Waals surface area contributed by atoms with E-state index in [1.807, 2.05) is 0 Å². The van der Waals surface area contributed by atoms with Crippen molar-refractivity contribution in [2.45, 2.75) is 0 Å². The van der Waals surface area contributed by atoms with Crippen LogP contribution in [0.2, 0.25) is 0 Å². The molecule has 0 radical (unpaired) electrons. The number of ether oxygens (including phenoxy) is 2. The molecule has 0 aliphatic carbocycles. The molecule has 0 saturated carbocycles. The van der Waals surface area contributed by atoms with E-state index in [0.29, 0.717) is 17.1 Å². The average Bonchev–Trinajstić information content (AvgIpc) is 3.49. The van der Waals surface area contributed by atoms with Crippen LogP contribution >= 0.6 is 0 Å². The number of carbonyl (C=O) groups excluding carboxylic acids is 1. The monoisotopic (exact) mass is 479 g/mol. The van der Waals surface area contributed by atoms with Crippen LogP contribution in [0, 0.1) is 10.1 Å². The van der Waals surface area contributed by atoms with Crippen LogP contribution in [0.5, 0.6) is 11.5 Å². The van der Waals surface area contributed by atoms with Crippen molar-refractivity contribution in [2.24, 2.45) is 5.10 Å². The molecule has 4 rings (SSSR count). The van der Waals surface area contributed by atoms with Gasteiger partial charge in [0.05, 0.1) is 25.4 Å². The Bertz CT molecular complexity index is 1430. The smallest absolute Gasteiger partial charge is 0.294 e. The summed E-state index contributed by atoms with van der Waals surface area (Å²) in [4.78, 5) is 23.6. The average molecular weight is 479 g/mol. The first-order valence-corrected chi connectivity index (χ1v) is 9.77. The summed E-state index contributed by atoms with van der Waals surface area (Å²) in [6.45, 7) is 0. The van der Waals surface area contributed by atoms with Gasteiger partial charge in [-0.1, -0.05) is 17.3 Å². The van der Waals surface area contributed by atoms with Crippen molar-refractivity contribution in [1.29, 1.82) is 0 Å². The Morgan fingerprint density at radius 1 is 1.20 bits per heavy atom. The summed E-state index contributed by atoms with van der Waals surface area (Å²) in [6, 6.07) is 10.6. The standard InChI is InChI=1S/C20H17N9O6/c1-33-14-7-6-11(8-15(14)34-2)10-22-24-20(30)16-17(12-4-3-5-13(9-12)29(31)32)28(27-23-16)19-18(21)25-35-26-19/h3-10H,1-2H3,(H2,21,25)(H,24,30)/b22-10-. The molecule has 178 valence electrons. The van der Waals surface area contributed by atoms with Crippen molar-refractivity contribution in [2.75, 3.05) is 20.0 Å². The molecule has 0 aliphatic rings. The predicted molar refractivity (Wildman–Crippen MR) is 120 cm³/mol. The topological polar surface area (TPSA) is 199 Å². The number of hydrazone groups is 1. The first-order chi connectivity index (χ1) is 16.9. The van der Waals surface area contributed by atoms with Gasteiger partial charge in [0.1, 0.15) is 5.69 Å². The van der Waals surface area contributed by atoms with Crippen LogP contribution in [0.4, 0.5) is 11.5 Å². The number of hydrogen-bond donors (Lipinski definition) is 2. The Balaban J connectivity index is 1.68. The molecule has 2 aromatic carbocycles. The van der Waals surface area contributed by atoms with Crippen LogP contribution < -0.4 is 20.6 Å². The number of nitro groups is 1. The number of aromatic nitrogens is 5. The zero-order valence-electron chi connectivity index (χ0n) is 18.3. The number of rotatable bonds is 8. The quantitative estimate of drug-likeness (QED) is 0.211. The number of nitrogens with two attached hydrogens (primary N) is 1. The summed E-state index contributed by atoms with van der Waals surface area (Å²) in [5, 5.41) is 30.2. The second-order valence-corrected chi connectivity index (χ2v) is 6.79. The normalized spacial score (nSPS) is 10.9. The maximum atomic E-state index is 12.9. The number of methoxy groups -OCH3 is 2. The van der Waals surface area contributed by atoms with E-state index in [0.717, 1.165) is 4.68 Å². The molecule has 0 spiro atoms. The molecule has 0 bridgehead atoms. The molecule has 0 unspecified atom stereocenters. The number of non-ortho nitro benzene ring substituents is 1. The number of carbonyl (C=O) groups is 1. The van der Waals surface area contributed by atoms with E-state index >= 15 is 0 Å². The second kappa shape index (κ2) is 9.65. The number of benzene rings is 2. The van der Waals surface area contributed by atoms with Gasteiger partial charge in [-0.3, -0.25) is 14.9 Å². The molecule has 1 amide bonds. The van der Waals surface area contributed by atoms with Gasteiger partial charge < -0.3 is 15.2 Å². The summed E-state index contributed by atoms with van der Waals surface area (Å²) < 4.78 is 16.1. The molecule has 4 aromatic rings. The summed E-state index contributed by atoms with van der Waals surface area (Å²) in [5.41, 5.74) is 8.64. The van der Waals surface area contributed by atoms with Crippen molar-refractivity contribution in [3.05, 3.63) is 63.8 Å². The van der Waals surface area contributed by atoms with Crippen molar-refractivity contribution in [3.8, 4) is 28.6 Å². The fraction of sp³-hybridized carbons (Fsp3) is 0.100. The van der Waals surface area contributed by atoms with Gasteiger partial charge in [0.15, 0.2) is 17.2 Å². The fourth-order valence-electron chi connectivity index (χ4n) is 3.10. The second-order valence-electron chi connectivity index (χ2n) is 6.79. The molecule has 0 saturated heterocycles. The lowest BCUT2D eigenvalue weighted by Gasteiger charge is -2.07. The Morgan fingerprint density at radius 2 is 2.00 bits per heavy atom. The number of nitrogens with one attached hydrogen (secondary N) is 1. The largest absolute Gasteiger partial charge is 0.493 e. The lowest BCUT2D eigenvalue weighted by Crippen LogP contribution is -2.19. The summed E-state index contributed by atoms with van der Waals surface area (Å²) in [7, 11) is 3.01. The number of nitrogens with zero attached hydrogens (tertiary/aromatic N) is 7. The van der Waals surface area contributed by atoms with Crippen LogP contribution in [0.3, 0.4) is 0 Å². The number of amides is 1. The lowest BCUT2D eigenvalue weighted by molar-refractivity contribution is -0.384. The molecule has 2 heterocycles. The van der Waals surface area contributed by atoms with Gasteiger partial charge in [0.2, 0.25) is 11.6 Å². The third-order valence-corrected chi connectivity index (χ3v) is 4.70. The highest BCUT2D eigenvalue weighted by Gasteiger charge is 2.26. The van der Waals surface area contributed by atoms with Gasteiger partial charge in [0, 0.05) is 17.7 Å². The van der Waals surface area contributed by atoms with Crippen molar-refractivity contribution < 1.29 is 23.8 Å². The fourth-order valence-corrected chi connectivity index (χ4v) is 3.10.